The van der Waals surface area contributed by atoms with Gasteiger partial charge in [0.25, 0.3) is 0 Å². The van der Waals surface area contributed by atoms with Gasteiger partial charge in [0.1, 0.15) is 0 Å². The van der Waals surface area contributed by atoms with E-state index in [0.29, 0.717) is 12.3 Å². The molecule has 3 rings (SSSR count). The molecular formula is C19H21ClFN. The zero-order chi connectivity index (χ0) is 15.5. The molecule has 0 aliphatic carbocycles. The normalized spacial score (nSPS) is 17.0. The molecule has 0 unspecified atom stereocenters. The van der Waals surface area contributed by atoms with Gasteiger partial charge in [0, 0.05) is 17.3 Å². The number of anilines is 1. The van der Waals surface area contributed by atoms with E-state index in [1.54, 1.807) is 0 Å². The summed E-state index contributed by atoms with van der Waals surface area (Å²) >= 11 is 6.33. The van der Waals surface area contributed by atoms with Gasteiger partial charge in [-0.25, -0.2) is 0 Å². The molecule has 3 heteroatoms. The number of alkyl halides is 1. The molecule has 0 saturated carbocycles. The largest absolute Gasteiger partial charge is 0.385 e. The lowest BCUT2D eigenvalue weighted by molar-refractivity contribution is 0.390. The van der Waals surface area contributed by atoms with Gasteiger partial charge in [-0.05, 0) is 59.6 Å². The predicted octanol–water partition coefficient (Wildman–Crippen LogP) is 5.51. The van der Waals surface area contributed by atoms with Crippen LogP contribution in [0.4, 0.5) is 10.1 Å². The second kappa shape index (κ2) is 6.70. The van der Waals surface area contributed by atoms with Gasteiger partial charge >= 0.3 is 0 Å². The highest BCUT2D eigenvalue weighted by Gasteiger charge is 2.18. The molecule has 1 N–H and O–H groups in total. The van der Waals surface area contributed by atoms with E-state index in [0.717, 1.165) is 30.0 Å². The lowest BCUT2D eigenvalue weighted by atomic mass is 9.90. The number of halogens is 2. The summed E-state index contributed by atoms with van der Waals surface area (Å²) in [5.74, 6) is 0.404. The Morgan fingerprint density at radius 2 is 1.95 bits per heavy atom. The Hall–Kier alpha value is -1.54. The van der Waals surface area contributed by atoms with Gasteiger partial charge in [0.15, 0.2) is 0 Å². The molecule has 0 saturated heterocycles. The van der Waals surface area contributed by atoms with E-state index in [1.807, 2.05) is 6.07 Å². The van der Waals surface area contributed by atoms with Crippen LogP contribution in [0.2, 0.25) is 5.02 Å². The van der Waals surface area contributed by atoms with Gasteiger partial charge < -0.3 is 5.32 Å². The van der Waals surface area contributed by atoms with Gasteiger partial charge in [-0.3, -0.25) is 4.39 Å². The first-order chi connectivity index (χ1) is 10.7. The Labute approximate surface area is 136 Å². The molecule has 2 aromatic rings. The summed E-state index contributed by atoms with van der Waals surface area (Å²) in [4.78, 5) is 0. The summed E-state index contributed by atoms with van der Waals surface area (Å²) in [5.41, 5.74) is 5.93. The maximum atomic E-state index is 12.5. The Morgan fingerprint density at radius 3 is 2.68 bits per heavy atom. The summed E-state index contributed by atoms with van der Waals surface area (Å²) in [7, 11) is 0. The van der Waals surface area contributed by atoms with Crippen LogP contribution in [0.1, 0.15) is 24.5 Å². The number of fused-ring (bicyclic) bond motifs is 1. The summed E-state index contributed by atoms with van der Waals surface area (Å²) in [6.45, 7) is 2.73. The maximum absolute atomic E-state index is 12.5. The lowest BCUT2D eigenvalue weighted by Gasteiger charge is -2.26. The number of hydrogen-bond acceptors (Lipinski definition) is 1. The lowest BCUT2D eigenvalue weighted by Crippen LogP contribution is -2.23. The van der Waals surface area contributed by atoms with Gasteiger partial charge in [0.05, 0.1) is 6.67 Å². The molecule has 1 atom stereocenters. The number of nitrogens with one attached hydrogen (secondary N) is 1. The van der Waals surface area contributed by atoms with Gasteiger partial charge in [-0.15, -0.1) is 0 Å². The van der Waals surface area contributed by atoms with Gasteiger partial charge in [-0.2, -0.15) is 0 Å². The molecule has 2 aromatic carbocycles. The topological polar surface area (TPSA) is 12.0 Å². The summed E-state index contributed by atoms with van der Waals surface area (Å²) < 4.78 is 12.5. The van der Waals surface area contributed by atoms with Crippen LogP contribution in [-0.4, -0.2) is 13.2 Å². The van der Waals surface area contributed by atoms with Crippen molar-refractivity contribution in [3.63, 3.8) is 0 Å². The number of benzene rings is 2. The third-order valence-electron chi connectivity index (χ3n) is 4.48. The highest BCUT2D eigenvalue weighted by atomic mass is 35.5. The third-order valence-corrected chi connectivity index (χ3v) is 4.84. The minimum absolute atomic E-state index is 0.234. The quantitative estimate of drug-likeness (QED) is 0.783. The molecule has 1 aliphatic heterocycles. The molecule has 1 nitrogen and oxygen atoms in total. The maximum Gasteiger partial charge on any atom is 0.0897 e. The molecule has 116 valence electrons. The second-order valence-corrected chi connectivity index (χ2v) is 6.37. The van der Waals surface area contributed by atoms with E-state index in [-0.39, 0.29) is 6.67 Å². The van der Waals surface area contributed by atoms with E-state index in [2.05, 4.69) is 42.6 Å². The van der Waals surface area contributed by atoms with Crippen molar-refractivity contribution in [1.82, 2.24) is 0 Å². The van der Waals surface area contributed by atoms with Crippen LogP contribution >= 0.6 is 11.6 Å². The fraction of sp³-hybridized carbons (Fsp3) is 0.368. The molecular weight excluding hydrogens is 297 g/mol. The van der Waals surface area contributed by atoms with Crippen molar-refractivity contribution < 1.29 is 4.39 Å². The fourth-order valence-corrected chi connectivity index (χ4v) is 3.42. The van der Waals surface area contributed by atoms with Crippen LogP contribution in [0, 0.1) is 5.92 Å². The summed E-state index contributed by atoms with van der Waals surface area (Å²) in [5, 5.41) is 4.27. The van der Waals surface area contributed by atoms with Crippen LogP contribution in [0.5, 0.6) is 0 Å². The summed E-state index contributed by atoms with van der Waals surface area (Å²) in [6, 6.07) is 12.7. The first kappa shape index (κ1) is 15.4. The number of rotatable bonds is 4. The molecule has 0 bridgehead atoms. The molecule has 0 amide bonds. The smallest absolute Gasteiger partial charge is 0.0897 e. The summed E-state index contributed by atoms with van der Waals surface area (Å²) in [6.07, 6.45) is 2.55. The zero-order valence-electron chi connectivity index (χ0n) is 12.8. The van der Waals surface area contributed by atoms with Crippen molar-refractivity contribution in [2.75, 3.05) is 18.5 Å². The molecule has 22 heavy (non-hydrogen) atoms. The van der Waals surface area contributed by atoms with Crippen molar-refractivity contribution in [3.05, 3.63) is 52.5 Å². The molecule has 0 fully saturated rings. The van der Waals surface area contributed by atoms with Gasteiger partial charge in [-0.1, -0.05) is 42.8 Å². The van der Waals surface area contributed by atoms with E-state index < -0.39 is 0 Å². The van der Waals surface area contributed by atoms with E-state index >= 15 is 0 Å². The van der Waals surface area contributed by atoms with Crippen molar-refractivity contribution >= 4 is 17.3 Å². The van der Waals surface area contributed by atoms with Crippen molar-refractivity contribution in [2.45, 2.75) is 26.2 Å². The third kappa shape index (κ3) is 3.12. The predicted molar refractivity (Wildman–Crippen MR) is 92.5 cm³/mol. The monoisotopic (exact) mass is 317 g/mol. The Bertz CT molecular complexity index is 668. The average molecular weight is 318 g/mol. The second-order valence-electron chi connectivity index (χ2n) is 5.96. The first-order valence-corrected chi connectivity index (χ1v) is 8.30. The van der Waals surface area contributed by atoms with Crippen LogP contribution in [0.3, 0.4) is 0 Å². The van der Waals surface area contributed by atoms with E-state index in [9.17, 15) is 4.39 Å². The van der Waals surface area contributed by atoms with Crippen LogP contribution in [0.15, 0.2) is 36.4 Å². The zero-order valence-corrected chi connectivity index (χ0v) is 13.6. The van der Waals surface area contributed by atoms with Crippen molar-refractivity contribution in [2.24, 2.45) is 5.92 Å². The van der Waals surface area contributed by atoms with Gasteiger partial charge in [0.2, 0.25) is 0 Å². The van der Waals surface area contributed by atoms with Crippen LogP contribution in [-0.2, 0) is 12.8 Å². The van der Waals surface area contributed by atoms with Crippen LogP contribution in [0.25, 0.3) is 11.1 Å². The highest BCUT2D eigenvalue weighted by molar-refractivity contribution is 6.31. The fourth-order valence-electron chi connectivity index (χ4n) is 3.11. The number of hydrogen-bond donors (Lipinski definition) is 1. The Morgan fingerprint density at radius 1 is 1.18 bits per heavy atom. The SMILES string of the molecule is CCc1ccc(-c2ccc3c(c2)NC[C@H](CCF)C3)cc1Cl. The minimum atomic E-state index is -0.234. The molecule has 0 spiro atoms. The highest BCUT2D eigenvalue weighted by Crippen LogP contribution is 2.32. The molecule has 0 aromatic heterocycles. The molecule has 0 radical (unpaired) electrons. The van der Waals surface area contributed by atoms with Crippen molar-refractivity contribution in [1.29, 1.82) is 0 Å². The minimum Gasteiger partial charge on any atom is -0.385 e. The van der Waals surface area contributed by atoms with E-state index in [4.69, 9.17) is 11.6 Å². The standard InChI is InChI=1S/C19H21ClFN/c1-2-14-3-4-15(10-18(14)20)16-5-6-17-9-13(7-8-21)12-22-19(17)11-16/h3-6,10-11,13,22H,2,7-9,12H2,1H3/t13-/m1/s1. The Balaban J connectivity index is 1.87. The number of aryl methyl sites for hydroxylation is 1. The molecule has 1 aliphatic rings. The first-order valence-electron chi connectivity index (χ1n) is 7.92. The van der Waals surface area contributed by atoms with Crippen LogP contribution < -0.4 is 5.32 Å². The average Bonchev–Trinajstić information content (AvgIpc) is 2.54. The Kier molecular flexibility index (Phi) is 4.68. The molecule has 1 heterocycles. The van der Waals surface area contributed by atoms with E-state index in [1.165, 1.54) is 22.4 Å². The van der Waals surface area contributed by atoms with Crippen molar-refractivity contribution in [3.8, 4) is 11.1 Å².